The van der Waals surface area contributed by atoms with Crippen LogP contribution in [0.4, 0.5) is 0 Å². The molecule has 1 saturated heterocycles. The maximum atomic E-state index is 11.5. The molecule has 0 spiro atoms. The van der Waals surface area contributed by atoms with E-state index in [1.807, 2.05) is 16.7 Å². The monoisotopic (exact) mass is 221 g/mol. The number of carbonyl (C=O) groups is 1. The van der Waals surface area contributed by atoms with Crippen LogP contribution in [0.15, 0.2) is 0 Å². The molecule has 1 aliphatic heterocycles. The highest BCUT2D eigenvalue weighted by Crippen LogP contribution is 2.29. The van der Waals surface area contributed by atoms with Crippen molar-refractivity contribution in [3.8, 4) is 0 Å². The molecular formula is C9H16ClNOS. The van der Waals surface area contributed by atoms with Crippen LogP contribution in [0.3, 0.4) is 0 Å². The average molecular weight is 222 g/mol. The van der Waals surface area contributed by atoms with Gasteiger partial charge in [0, 0.05) is 35.9 Å². The molecule has 2 nitrogen and oxygen atoms in total. The Morgan fingerprint density at radius 2 is 2.31 bits per heavy atom. The lowest BCUT2D eigenvalue weighted by Gasteiger charge is -2.37. The largest absolute Gasteiger partial charge is 0.340 e. The zero-order valence-corrected chi connectivity index (χ0v) is 9.75. The van der Waals surface area contributed by atoms with Crippen LogP contribution in [-0.2, 0) is 4.79 Å². The Hall–Kier alpha value is 0.110. The second kappa shape index (κ2) is 4.56. The summed E-state index contributed by atoms with van der Waals surface area (Å²) >= 11 is 7.47. The van der Waals surface area contributed by atoms with Crippen LogP contribution in [0.25, 0.3) is 0 Å². The molecule has 0 N–H and O–H groups in total. The molecule has 1 heterocycles. The van der Waals surface area contributed by atoms with Gasteiger partial charge in [-0.15, -0.1) is 11.6 Å². The van der Waals surface area contributed by atoms with Crippen molar-refractivity contribution in [3.63, 3.8) is 0 Å². The second-order valence-electron chi connectivity index (χ2n) is 3.86. The normalized spacial score (nSPS) is 21.6. The van der Waals surface area contributed by atoms with E-state index in [1.54, 1.807) is 0 Å². The number of nitrogens with zero attached hydrogens (tertiary/aromatic N) is 1. The lowest BCUT2D eigenvalue weighted by Crippen LogP contribution is -2.46. The van der Waals surface area contributed by atoms with Gasteiger partial charge in [0.15, 0.2) is 0 Å². The van der Waals surface area contributed by atoms with Crippen LogP contribution in [-0.4, -0.2) is 40.3 Å². The maximum absolute atomic E-state index is 11.5. The number of amides is 1. The Bertz CT molecular complexity index is 196. The molecule has 0 radical (unpaired) electrons. The summed E-state index contributed by atoms with van der Waals surface area (Å²) in [6.45, 7) is 6.09. The lowest BCUT2D eigenvalue weighted by molar-refractivity contribution is -0.131. The van der Waals surface area contributed by atoms with Crippen LogP contribution in [0.2, 0.25) is 0 Å². The Morgan fingerprint density at radius 1 is 1.62 bits per heavy atom. The third-order valence-corrected chi connectivity index (χ3v) is 3.57. The minimum atomic E-state index is 0.198. The van der Waals surface area contributed by atoms with Gasteiger partial charge in [0.25, 0.3) is 0 Å². The predicted octanol–water partition coefficient (Wildman–Crippen LogP) is 1.97. The molecule has 76 valence electrons. The van der Waals surface area contributed by atoms with Gasteiger partial charge in [-0.2, -0.15) is 11.8 Å². The fraction of sp³-hybridized carbons (Fsp3) is 0.889. The van der Waals surface area contributed by atoms with Gasteiger partial charge in [0.2, 0.25) is 5.91 Å². The first-order valence-electron chi connectivity index (χ1n) is 4.53. The van der Waals surface area contributed by atoms with E-state index in [0.717, 1.165) is 18.8 Å². The number of hydrogen-bond acceptors (Lipinski definition) is 2. The molecule has 1 aliphatic rings. The van der Waals surface area contributed by atoms with Crippen molar-refractivity contribution < 1.29 is 4.79 Å². The molecule has 0 aromatic rings. The molecule has 1 rings (SSSR count). The standard InChI is InChI=1S/C9H16ClNOS/c1-9(2)7-11(5-6-13-9)8(12)3-4-10/h3-7H2,1-2H3. The molecule has 1 fully saturated rings. The number of halogens is 1. The summed E-state index contributed by atoms with van der Waals surface area (Å²) in [5, 5.41) is 0. The second-order valence-corrected chi connectivity index (χ2v) is 6.04. The van der Waals surface area contributed by atoms with Crippen LogP contribution in [0, 0.1) is 0 Å². The summed E-state index contributed by atoms with van der Waals surface area (Å²) in [6.07, 6.45) is 0.475. The number of alkyl halides is 1. The number of carbonyl (C=O) groups excluding carboxylic acids is 1. The number of thioether (sulfide) groups is 1. The Balaban J connectivity index is 2.47. The van der Waals surface area contributed by atoms with Crippen molar-refractivity contribution in [2.75, 3.05) is 24.7 Å². The van der Waals surface area contributed by atoms with Gasteiger partial charge >= 0.3 is 0 Å². The first-order chi connectivity index (χ1) is 6.05. The summed E-state index contributed by atoms with van der Waals surface area (Å²) in [5.41, 5.74) is 0. The van der Waals surface area contributed by atoms with Gasteiger partial charge in [0.1, 0.15) is 0 Å². The van der Waals surface area contributed by atoms with Crippen molar-refractivity contribution >= 4 is 29.3 Å². The van der Waals surface area contributed by atoms with E-state index in [9.17, 15) is 4.79 Å². The van der Waals surface area contributed by atoms with E-state index in [1.165, 1.54) is 0 Å². The molecule has 13 heavy (non-hydrogen) atoms. The first-order valence-corrected chi connectivity index (χ1v) is 6.05. The Morgan fingerprint density at radius 3 is 2.85 bits per heavy atom. The Labute approximate surface area is 89.0 Å². The minimum Gasteiger partial charge on any atom is -0.340 e. The summed E-state index contributed by atoms with van der Waals surface area (Å²) in [4.78, 5) is 13.4. The maximum Gasteiger partial charge on any atom is 0.223 e. The molecule has 1 amide bonds. The highest BCUT2D eigenvalue weighted by Gasteiger charge is 2.29. The molecule has 0 unspecified atom stereocenters. The van der Waals surface area contributed by atoms with Crippen LogP contribution in [0.5, 0.6) is 0 Å². The van der Waals surface area contributed by atoms with Crippen molar-refractivity contribution in [2.45, 2.75) is 25.0 Å². The average Bonchev–Trinajstić information content (AvgIpc) is 2.03. The number of hydrogen-bond donors (Lipinski definition) is 0. The van der Waals surface area contributed by atoms with Gasteiger partial charge in [-0.25, -0.2) is 0 Å². The van der Waals surface area contributed by atoms with Gasteiger partial charge in [-0.1, -0.05) is 0 Å². The first kappa shape index (κ1) is 11.2. The van der Waals surface area contributed by atoms with E-state index >= 15 is 0 Å². The van der Waals surface area contributed by atoms with Crippen LogP contribution in [0.1, 0.15) is 20.3 Å². The quantitative estimate of drug-likeness (QED) is 0.665. The van der Waals surface area contributed by atoms with E-state index in [4.69, 9.17) is 11.6 Å². The van der Waals surface area contributed by atoms with Crippen molar-refractivity contribution in [1.29, 1.82) is 0 Å². The zero-order chi connectivity index (χ0) is 9.90. The molecule has 0 bridgehead atoms. The van der Waals surface area contributed by atoms with Crippen LogP contribution >= 0.6 is 23.4 Å². The van der Waals surface area contributed by atoms with Gasteiger partial charge in [-0.3, -0.25) is 4.79 Å². The molecule has 0 aromatic carbocycles. The summed E-state index contributed by atoms with van der Waals surface area (Å²) in [5.74, 6) is 1.67. The van der Waals surface area contributed by atoms with Gasteiger partial charge < -0.3 is 4.90 Å². The van der Waals surface area contributed by atoms with Gasteiger partial charge in [0.05, 0.1) is 0 Å². The van der Waals surface area contributed by atoms with E-state index in [-0.39, 0.29) is 10.7 Å². The fourth-order valence-corrected chi connectivity index (χ4v) is 2.74. The zero-order valence-electron chi connectivity index (χ0n) is 8.18. The molecule has 4 heteroatoms. The van der Waals surface area contributed by atoms with Crippen LogP contribution < -0.4 is 0 Å². The molecule has 0 atom stereocenters. The van der Waals surface area contributed by atoms with E-state index < -0.39 is 0 Å². The Kier molecular flexibility index (Phi) is 3.92. The third kappa shape index (κ3) is 3.39. The molecule has 0 saturated carbocycles. The summed E-state index contributed by atoms with van der Waals surface area (Å²) < 4.78 is 0.209. The third-order valence-electron chi connectivity index (χ3n) is 2.09. The van der Waals surface area contributed by atoms with Crippen molar-refractivity contribution in [1.82, 2.24) is 4.90 Å². The van der Waals surface area contributed by atoms with Crippen molar-refractivity contribution in [3.05, 3.63) is 0 Å². The topological polar surface area (TPSA) is 20.3 Å². The van der Waals surface area contributed by atoms with Crippen molar-refractivity contribution in [2.24, 2.45) is 0 Å². The predicted molar refractivity (Wildman–Crippen MR) is 58.5 cm³/mol. The van der Waals surface area contributed by atoms with E-state index in [0.29, 0.717) is 12.3 Å². The summed E-state index contributed by atoms with van der Waals surface area (Å²) in [7, 11) is 0. The van der Waals surface area contributed by atoms with E-state index in [2.05, 4.69) is 13.8 Å². The molecular weight excluding hydrogens is 206 g/mol. The number of rotatable bonds is 2. The highest BCUT2D eigenvalue weighted by molar-refractivity contribution is 8.00. The lowest BCUT2D eigenvalue weighted by atomic mass is 10.2. The summed E-state index contributed by atoms with van der Waals surface area (Å²) in [6, 6.07) is 0. The molecule has 0 aliphatic carbocycles. The van der Waals surface area contributed by atoms with Gasteiger partial charge in [-0.05, 0) is 13.8 Å². The molecule has 0 aromatic heterocycles. The minimum absolute atomic E-state index is 0.198. The highest BCUT2D eigenvalue weighted by atomic mass is 35.5. The smallest absolute Gasteiger partial charge is 0.223 e. The fourth-order valence-electron chi connectivity index (χ4n) is 1.47. The SMILES string of the molecule is CC1(C)CN(C(=O)CCCl)CCS1.